The van der Waals surface area contributed by atoms with Crippen molar-refractivity contribution >= 4 is 21.6 Å². The van der Waals surface area contributed by atoms with Crippen molar-refractivity contribution in [3.05, 3.63) is 77.9 Å². The van der Waals surface area contributed by atoms with Gasteiger partial charge in [-0.25, -0.2) is 13.4 Å². The van der Waals surface area contributed by atoms with E-state index in [2.05, 4.69) is 10.3 Å². The van der Waals surface area contributed by atoms with Crippen molar-refractivity contribution in [1.29, 1.82) is 0 Å². The van der Waals surface area contributed by atoms with E-state index in [1.54, 1.807) is 13.2 Å². The lowest BCUT2D eigenvalue weighted by Crippen LogP contribution is -2.28. The van der Waals surface area contributed by atoms with E-state index in [0.717, 1.165) is 41.0 Å². The lowest BCUT2D eigenvalue weighted by Gasteiger charge is -2.16. The zero-order chi connectivity index (χ0) is 22.8. The van der Waals surface area contributed by atoms with Gasteiger partial charge in [-0.05, 0) is 54.7 Å². The molecular formula is C25H26N2O4S. The highest BCUT2D eigenvalue weighted by molar-refractivity contribution is 7.90. The van der Waals surface area contributed by atoms with Gasteiger partial charge >= 0.3 is 0 Å². The molecule has 6 nitrogen and oxygen atoms in total. The summed E-state index contributed by atoms with van der Waals surface area (Å²) in [5, 5.41) is 2.98. The molecular weight excluding hydrogens is 424 g/mol. The van der Waals surface area contributed by atoms with Crippen LogP contribution in [0.3, 0.4) is 0 Å². The quantitative estimate of drug-likeness (QED) is 0.560. The molecule has 1 fully saturated rings. The molecule has 3 aromatic rings. The van der Waals surface area contributed by atoms with Crippen molar-refractivity contribution in [3.8, 4) is 17.0 Å². The number of aromatic nitrogens is 1. The molecule has 0 radical (unpaired) electrons. The van der Waals surface area contributed by atoms with Gasteiger partial charge in [0.1, 0.15) is 21.4 Å². The zero-order valence-electron chi connectivity index (χ0n) is 18.2. The van der Waals surface area contributed by atoms with E-state index in [-0.39, 0.29) is 11.7 Å². The van der Waals surface area contributed by atoms with Crippen LogP contribution in [0, 0.1) is 0 Å². The van der Waals surface area contributed by atoms with Crippen LogP contribution in [0.4, 0.5) is 5.82 Å². The normalized spacial score (nSPS) is 14.6. The topological polar surface area (TPSA) is 85.4 Å². The molecule has 0 atom stereocenters. The Labute approximate surface area is 188 Å². The summed E-state index contributed by atoms with van der Waals surface area (Å²) in [6.07, 6.45) is 3.31. The maximum atomic E-state index is 13.1. The van der Waals surface area contributed by atoms with Crippen LogP contribution in [0.25, 0.3) is 11.3 Å². The highest BCUT2D eigenvalue weighted by atomic mass is 32.2. The number of anilines is 1. The molecule has 32 heavy (non-hydrogen) atoms. The van der Waals surface area contributed by atoms with Crippen LogP contribution in [-0.4, -0.2) is 38.4 Å². The third-order valence-electron chi connectivity index (χ3n) is 5.81. The van der Waals surface area contributed by atoms with Gasteiger partial charge in [0.05, 0.1) is 24.0 Å². The van der Waals surface area contributed by atoms with Crippen molar-refractivity contribution in [3.63, 3.8) is 0 Å². The number of amides is 1. The number of carbonyl (C=O) groups excluding carboxylic acids is 1. The molecule has 1 aliphatic carbocycles. The summed E-state index contributed by atoms with van der Waals surface area (Å²) < 4.78 is 28.0. The highest BCUT2D eigenvalue weighted by Gasteiger charge is 2.51. The second-order valence-corrected chi connectivity index (χ2v) is 10.5. The number of methoxy groups -OCH3 is 1. The Bertz CT molecular complexity index is 1230. The SMILES string of the molecule is COc1cccc(C2(C(=O)Nc3cccc(-c4ccc(CCS(C)(=O)=O)cc4)n3)CC2)c1. The van der Waals surface area contributed by atoms with Crippen LogP contribution in [0.5, 0.6) is 5.75 Å². The van der Waals surface area contributed by atoms with Crippen LogP contribution in [0.15, 0.2) is 66.7 Å². The van der Waals surface area contributed by atoms with E-state index in [9.17, 15) is 13.2 Å². The molecule has 1 aliphatic rings. The fourth-order valence-corrected chi connectivity index (χ4v) is 4.35. The van der Waals surface area contributed by atoms with Gasteiger partial charge in [0.25, 0.3) is 0 Å². The van der Waals surface area contributed by atoms with Crippen molar-refractivity contribution in [2.45, 2.75) is 24.7 Å². The molecule has 1 N–H and O–H groups in total. The largest absolute Gasteiger partial charge is 0.497 e. The number of nitrogens with zero attached hydrogens (tertiary/aromatic N) is 1. The molecule has 0 bridgehead atoms. The summed E-state index contributed by atoms with van der Waals surface area (Å²) in [6, 6.07) is 20.8. The number of hydrogen-bond acceptors (Lipinski definition) is 5. The first-order valence-electron chi connectivity index (χ1n) is 10.5. The van der Waals surface area contributed by atoms with Gasteiger partial charge in [0.15, 0.2) is 0 Å². The Balaban J connectivity index is 1.48. The Morgan fingerprint density at radius 3 is 2.44 bits per heavy atom. The summed E-state index contributed by atoms with van der Waals surface area (Å²) in [6.45, 7) is 0. The molecule has 0 spiro atoms. The first-order valence-corrected chi connectivity index (χ1v) is 12.6. The second kappa shape index (κ2) is 8.74. The highest BCUT2D eigenvalue weighted by Crippen LogP contribution is 2.49. The Morgan fingerprint density at radius 2 is 1.78 bits per heavy atom. The number of nitrogens with one attached hydrogen (secondary N) is 1. The van der Waals surface area contributed by atoms with Gasteiger partial charge < -0.3 is 10.1 Å². The van der Waals surface area contributed by atoms with Crippen molar-refractivity contribution < 1.29 is 17.9 Å². The van der Waals surface area contributed by atoms with Crippen LogP contribution < -0.4 is 10.1 Å². The third kappa shape index (κ3) is 4.99. The van der Waals surface area contributed by atoms with Gasteiger partial charge in [0.2, 0.25) is 5.91 Å². The predicted octanol–water partition coefficient (Wildman–Crippen LogP) is 4.01. The van der Waals surface area contributed by atoms with E-state index in [1.165, 1.54) is 6.26 Å². The molecule has 4 rings (SSSR count). The Hall–Kier alpha value is -3.19. The molecule has 1 amide bonds. The second-order valence-electron chi connectivity index (χ2n) is 8.25. The number of aryl methyl sites for hydroxylation is 1. The monoisotopic (exact) mass is 450 g/mol. The van der Waals surface area contributed by atoms with Crippen LogP contribution in [0.2, 0.25) is 0 Å². The number of rotatable bonds is 8. The predicted molar refractivity (Wildman–Crippen MR) is 126 cm³/mol. The average Bonchev–Trinajstić information content (AvgIpc) is 3.60. The first kappa shape index (κ1) is 22.0. The molecule has 0 saturated heterocycles. The van der Waals surface area contributed by atoms with Gasteiger partial charge in [-0.15, -0.1) is 0 Å². The maximum Gasteiger partial charge on any atom is 0.236 e. The van der Waals surface area contributed by atoms with Crippen LogP contribution in [-0.2, 0) is 26.5 Å². The van der Waals surface area contributed by atoms with Gasteiger partial charge in [-0.2, -0.15) is 0 Å². The summed E-state index contributed by atoms with van der Waals surface area (Å²) in [5.41, 5.74) is 3.02. The molecule has 1 heterocycles. The standard InChI is InChI=1S/C25H26N2O4S/c1-31-21-6-3-5-20(17-21)25(14-15-25)24(28)27-23-8-4-7-22(26-23)19-11-9-18(10-12-19)13-16-32(2,29)30/h3-12,17H,13-16H2,1-2H3,(H,26,27,28). The lowest BCUT2D eigenvalue weighted by molar-refractivity contribution is -0.118. The van der Waals surface area contributed by atoms with Gasteiger partial charge in [-0.3, -0.25) is 4.79 Å². The minimum atomic E-state index is -2.99. The minimum absolute atomic E-state index is 0.0634. The third-order valence-corrected chi connectivity index (χ3v) is 6.75. The number of pyridine rings is 1. The van der Waals surface area contributed by atoms with Crippen LogP contribution in [0.1, 0.15) is 24.0 Å². The van der Waals surface area contributed by atoms with Crippen molar-refractivity contribution in [2.24, 2.45) is 0 Å². The van der Waals surface area contributed by atoms with Gasteiger partial charge in [-0.1, -0.05) is 42.5 Å². The summed E-state index contributed by atoms with van der Waals surface area (Å²) in [7, 11) is -1.38. The molecule has 0 unspecified atom stereocenters. The number of sulfone groups is 1. The van der Waals surface area contributed by atoms with Crippen LogP contribution >= 0.6 is 0 Å². The Morgan fingerprint density at radius 1 is 1.06 bits per heavy atom. The van der Waals surface area contributed by atoms with Crippen molar-refractivity contribution in [2.75, 3.05) is 24.4 Å². The molecule has 1 aromatic heterocycles. The molecule has 2 aromatic carbocycles. The summed E-state index contributed by atoms with van der Waals surface area (Å²) >= 11 is 0. The zero-order valence-corrected chi connectivity index (χ0v) is 19.0. The number of hydrogen-bond donors (Lipinski definition) is 1. The van der Waals surface area contributed by atoms with Crippen molar-refractivity contribution in [1.82, 2.24) is 4.98 Å². The van der Waals surface area contributed by atoms with E-state index in [0.29, 0.717) is 12.2 Å². The van der Waals surface area contributed by atoms with E-state index in [4.69, 9.17) is 4.74 Å². The lowest BCUT2D eigenvalue weighted by atomic mass is 9.94. The molecule has 166 valence electrons. The fraction of sp³-hybridized carbons (Fsp3) is 0.280. The van der Waals surface area contributed by atoms with E-state index < -0.39 is 15.3 Å². The molecule has 0 aliphatic heterocycles. The fourth-order valence-electron chi connectivity index (χ4n) is 3.74. The smallest absolute Gasteiger partial charge is 0.236 e. The molecule has 7 heteroatoms. The average molecular weight is 451 g/mol. The Kier molecular flexibility index (Phi) is 6.02. The first-order chi connectivity index (χ1) is 15.3. The van der Waals surface area contributed by atoms with Gasteiger partial charge in [0, 0.05) is 11.8 Å². The number of carbonyl (C=O) groups is 1. The summed E-state index contributed by atoms with van der Waals surface area (Å²) in [4.78, 5) is 17.7. The number of benzene rings is 2. The minimum Gasteiger partial charge on any atom is -0.497 e. The summed E-state index contributed by atoms with van der Waals surface area (Å²) in [5.74, 6) is 1.30. The van der Waals surface area contributed by atoms with E-state index >= 15 is 0 Å². The maximum absolute atomic E-state index is 13.1. The van der Waals surface area contributed by atoms with E-state index in [1.807, 2.05) is 60.7 Å². The number of ether oxygens (including phenoxy) is 1. The molecule has 1 saturated carbocycles.